The van der Waals surface area contributed by atoms with E-state index in [4.69, 9.17) is 10.1 Å². The maximum absolute atomic E-state index is 13.6. The molecular weight excluding hydrogens is 570 g/mol. The fourth-order valence-electron chi connectivity index (χ4n) is 6.89. The molecule has 1 fully saturated rings. The van der Waals surface area contributed by atoms with Crippen LogP contribution in [0.15, 0.2) is 84.4 Å². The molecule has 8 rings (SSSR count). The summed E-state index contributed by atoms with van der Waals surface area (Å²) >= 11 is 1.64. The Morgan fingerprint density at radius 1 is 0.909 bits per heavy atom. The Morgan fingerprint density at radius 2 is 1.61 bits per heavy atom. The standard InChI is InChI=1S/C35H29N5O3S/c1-20(2)27-16-29-36-17-22-15-26(28-9-6-14-44-28)30(37-31(22)40(29)38-27)21-10-12-23(13-11-21)35(18-34(3,43)19-35)39-32(41)24-7-4-5-8-25(24)33(39)42/h4-17,20,43H,18-19H2,1-3H3/t34-,35+. The minimum Gasteiger partial charge on any atom is -0.390 e. The van der Waals surface area contributed by atoms with Crippen molar-refractivity contribution in [3.05, 3.63) is 107 Å². The first-order valence-electron chi connectivity index (χ1n) is 14.7. The second kappa shape index (κ2) is 9.38. The summed E-state index contributed by atoms with van der Waals surface area (Å²) in [4.78, 5) is 39.4. The maximum atomic E-state index is 13.6. The number of hydrogen-bond acceptors (Lipinski definition) is 7. The zero-order valence-corrected chi connectivity index (χ0v) is 25.3. The lowest BCUT2D eigenvalue weighted by molar-refractivity contribution is -0.118. The molecule has 0 unspecified atom stereocenters. The van der Waals surface area contributed by atoms with Crippen molar-refractivity contribution in [2.24, 2.45) is 0 Å². The highest BCUT2D eigenvalue weighted by molar-refractivity contribution is 7.13. The molecule has 0 bridgehead atoms. The zero-order chi connectivity index (χ0) is 30.4. The molecule has 2 amide bonds. The number of carbonyl (C=O) groups is 2. The summed E-state index contributed by atoms with van der Waals surface area (Å²) in [6.07, 6.45) is 2.38. The van der Waals surface area contributed by atoms with E-state index in [0.717, 1.165) is 49.6 Å². The summed E-state index contributed by atoms with van der Waals surface area (Å²) in [6.45, 7) is 5.96. The first-order valence-corrected chi connectivity index (χ1v) is 15.6. The van der Waals surface area contributed by atoms with Gasteiger partial charge < -0.3 is 5.11 Å². The minimum atomic E-state index is -0.988. The van der Waals surface area contributed by atoms with Crippen molar-refractivity contribution >= 4 is 39.8 Å². The Balaban J connectivity index is 1.26. The summed E-state index contributed by atoms with van der Waals surface area (Å²) in [6, 6.07) is 23.1. The molecule has 0 spiro atoms. The number of amides is 2. The predicted octanol–water partition coefficient (Wildman–Crippen LogP) is 6.83. The van der Waals surface area contributed by atoms with Crippen molar-refractivity contribution in [2.45, 2.75) is 50.7 Å². The van der Waals surface area contributed by atoms with Gasteiger partial charge in [-0.3, -0.25) is 14.5 Å². The number of carbonyl (C=O) groups excluding carboxylic acids is 2. The van der Waals surface area contributed by atoms with E-state index >= 15 is 0 Å². The third-order valence-electron chi connectivity index (χ3n) is 8.92. The van der Waals surface area contributed by atoms with Gasteiger partial charge in [0.25, 0.3) is 11.8 Å². The SMILES string of the molecule is CC(C)c1cc2ncc3cc(-c4cccs4)c(-c4ccc([C@]5(N6C(=O)c7ccccc7C6=O)C[C@@](C)(O)C5)cc4)nc3n2n1. The number of benzene rings is 2. The normalized spacial score (nSPS) is 21.4. The summed E-state index contributed by atoms with van der Waals surface area (Å²) in [5.74, 6) is -0.385. The van der Waals surface area contributed by atoms with Crippen LogP contribution in [0.25, 0.3) is 38.4 Å². The topological polar surface area (TPSA) is 101 Å². The van der Waals surface area contributed by atoms with Crippen LogP contribution in [0.3, 0.4) is 0 Å². The van der Waals surface area contributed by atoms with Crippen LogP contribution in [0.4, 0.5) is 0 Å². The molecular formula is C35H29N5O3S. The second-order valence-corrected chi connectivity index (χ2v) is 13.4. The number of imide groups is 1. The number of nitrogens with zero attached hydrogens (tertiary/aromatic N) is 5. The third-order valence-corrected chi connectivity index (χ3v) is 9.82. The van der Waals surface area contributed by atoms with Gasteiger partial charge >= 0.3 is 0 Å². The van der Waals surface area contributed by atoms with Gasteiger partial charge in [0.2, 0.25) is 0 Å². The fraction of sp³-hybridized carbons (Fsp3) is 0.229. The average molecular weight is 600 g/mol. The van der Waals surface area contributed by atoms with E-state index in [9.17, 15) is 14.7 Å². The first-order chi connectivity index (χ1) is 21.1. The van der Waals surface area contributed by atoms with Gasteiger partial charge in [0.05, 0.1) is 33.7 Å². The lowest BCUT2D eigenvalue weighted by Crippen LogP contribution is -2.63. The van der Waals surface area contributed by atoms with E-state index in [1.54, 1.807) is 42.5 Å². The fourth-order valence-corrected chi connectivity index (χ4v) is 7.64. The van der Waals surface area contributed by atoms with Gasteiger partial charge in [-0.25, -0.2) is 9.97 Å². The molecule has 4 aromatic heterocycles. The van der Waals surface area contributed by atoms with Crippen LogP contribution >= 0.6 is 11.3 Å². The van der Waals surface area contributed by atoms with Crippen molar-refractivity contribution < 1.29 is 14.7 Å². The largest absolute Gasteiger partial charge is 0.390 e. The van der Waals surface area contributed by atoms with Gasteiger partial charge in [0.15, 0.2) is 11.3 Å². The molecule has 1 aliphatic carbocycles. The second-order valence-electron chi connectivity index (χ2n) is 12.5. The Kier molecular flexibility index (Phi) is 5.73. The summed E-state index contributed by atoms with van der Waals surface area (Å²) in [7, 11) is 0. The van der Waals surface area contributed by atoms with Gasteiger partial charge in [0.1, 0.15) is 0 Å². The first kappa shape index (κ1) is 26.9. The predicted molar refractivity (Wildman–Crippen MR) is 170 cm³/mol. The Morgan fingerprint density at radius 3 is 2.23 bits per heavy atom. The molecule has 0 atom stereocenters. The Bertz CT molecular complexity index is 2090. The van der Waals surface area contributed by atoms with Gasteiger partial charge in [-0.05, 0) is 48.1 Å². The summed E-state index contributed by atoms with van der Waals surface area (Å²) < 4.78 is 1.81. The van der Waals surface area contributed by atoms with Crippen molar-refractivity contribution in [1.82, 2.24) is 24.5 Å². The van der Waals surface area contributed by atoms with Crippen LogP contribution in [-0.2, 0) is 5.54 Å². The molecule has 1 aliphatic heterocycles. The molecule has 0 saturated heterocycles. The summed E-state index contributed by atoms with van der Waals surface area (Å²) in [5.41, 5.74) is 4.79. The summed E-state index contributed by atoms with van der Waals surface area (Å²) in [5, 5.41) is 18.6. The highest BCUT2D eigenvalue weighted by atomic mass is 32.1. The number of fused-ring (bicyclic) bond motifs is 4. The number of hydrogen-bond donors (Lipinski definition) is 1. The Hall–Kier alpha value is -4.73. The number of thiophene rings is 1. The van der Waals surface area contributed by atoms with Crippen LogP contribution in [0.2, 0.25) is 0 Å². The molecule has 5 heterocycles. The highest BCUT2D eigenvalue weighted by Gasteiger charge is 2.60. The Labute approximate surface area is 257 Å². The van der Waals surface area contributed by atoms with Gasteiger partial charge in [0, 0.05) is 46.5 Å². The van der Waals surface area contributed by atoms with Gasteiger partial charge in [-0.15, -0.1) is 11.3 Å². The van der Waals surface area contributed by atoms with Crippen LogP contribution in [-0.4, -0.2) is 47.0 Å². The van der Waals surface area contributed by atoms with Crippen molar-refractivity contribution in [2.75, 3.05) is 0 Å². The van der Waals surface area contributed by atoms with Crippen LogP contribution in [0, 0.1) is 0 Å². The van der Waals surface area contributed by atoms with E-state index in [-0.39, 0.29) is 30.6 Å². The van der Waals surface area contributed by atoms with Gasteiger partial charge in [-0.1, -0.05) is 56.3 Å². The number of aliphatic hydroxyl groups is 1. The molecule has 0 radical (unpaired) electrons. The van der Waals surface area contributed by atoms with Gasteiger partial charge in [-0.2, -0.15) is 9.61 Å². The average Bonchev–Trinajstić information content (AvgIpc) is 3.75. The molecule has 9 heteroatoms. The number of aromatic nitrogens is 4. The molecule has 6 aromatic rings. The van der Waals surface area contributed by atoms with Crippen molar-refractivity contribution in [1.29, 1.82) is 0 Å². The number of pyridine rings is 1. The van der Waals surface area contributed by atoms with Crippen LogP contribution in [0.5, 0.6) is 0 Å². The van der Waals surface area contributed by atoms with E-state index in [2.05, 4.69) is 31.0 Å². The number of rotatable bonds is 5. The molecule has 1 N–H and O–H groups in total. The molecule has 44 heavy (non-hydrogen) atoms. The molecule has 8 nitrogen and oxygen atoms in total. The minimum absolute atomic E-state index is 0.255. The smallest absolute Gasteiger partial charge is 0.262 e. The van der Waals surface area contributed by atoms with Crippen molar-refractivity contribution in [3.8, 4) is 21.7 Å². The van der Waals surface area contributed by atoms with Crippen molar-refractivity contribution in [3.63, 3.8) is 0 Å². The van der Waals surface area contributed by atoms with Crippen LogP contribution < -0.4 is 0 Å². The zero-order valence-electron chi connectivity index (χ0n) is 24.5. The van der Waals surface area contributed by atoms with E-state index in [1.165, 1.54) is 4.90 Å². The lowest BCUT2D eigenvalue weighted by atomic mass is 9.61. The van der Waals surface area contributed by atoms with E-state index in [1.807, 2.05) is 52.5 Å². The quantitative estimate of drug-likeness (QED) is 0.218. The lowest BCUT2D eigenvalue weighted by Gasteiger charge is -2.55. The third kappa shape index (κ3) is 3.89. The monoisotopic (exact) mass is 599 g/mol. The molecule has 2 aliphatic rings. The molecule has 2 aromatic carbocycles. The van der Waals surface area contributed by atoms with E-state index in [0.29, 0.717) is 11.1 Å². The molecule has 1 saturated carbocycles. The maximum Gasteiger partial charge on any atom is 0.262 e. The highest BCUT2D eigenvalue weighted by Crippen LogP contribution is 2.54. The van der Waals surface area contributed by atoms with Crippen LogP contribution in [0.1, 0.15) is 71.5 Å². The molecule has 218 valence electrons. The van der Waals surface area contributed by atoms with E-state index < -0.39 is 11.1 Å².